The molecule has 1 heterocycles. The minimum atomic E-state index is -0.662. The van der Waals surface area contributed by atoms with Crippen molar-refractivity contribution in [3.8, 4) is 5.75 Å². The van der Waals surface area contributed by atoms with Gasteiger partial charge in [-0.15, -0.1) is 0 Å². The highest BCUT2D eigenvalue weighted by Crippen LogP contribution is 2.26. The maximum atomic E-state index is 11.8. The molecule has 0 amide bonds. The van der Waals surface area contributed by atoms with Gasteiger partial charge in [-0.1, -0.05) is 0 Å². The number of hydrogen-bond acceptors (Lipinski definition) is 6. The largest absolute Gasteiger partial charge is 0.491 e. The molecule has 6 nitrogen and oxygen atoms in total. The van der Waals surface area contributed by atoms with Gasteiger partial charge < -0.3 is 15.2 Å². The molecule has 0 aliphatic rings. The van der Waals surface area contributed by atoms with Crippen LogP contribution < -0.4 is 10.5 Å². The third-order valence-electron chi connectivity index (χ3n) is 1.66. The van der Waals surface area contributed by atoms with Crippen LogP contribution in [0.25, 0.3) is 0 Å². The van der Waals surface area contributed by atoms with Gasteiger partial charge >= 0.3 is 5.97 Å². The number of nitrogens with two attached hydrogens (primary N) is 1. The average Bonchev–Trinajstić information content (AvgIpc) is 2.13. The highest BCUT2D eigenvalue weighted by molar-refractivity contribution is 6.28. The maximum Gasteiger partial charge on any atom is 0.361 e. The Kier molecular flexibility index (Phi) is 3.77. The van der Waals surface area contributed by atoms with E-state index in [-0.39, 0.29) is 22.5 Å². The summed E-state index contributed by atoms with van der Waals surface area (Å²) in [6, 6.07) is 0. The Labute approximate surface area is 104 Å². The predicted octanol–water partition coefficient (Wildman–Crippen LogP) is 1.68. The van der Waals surface area contributed by atoms with Gasteiger partial charge in [0.05, 0.1) is 7.11 Å². The second-order valence-electron chi connectivity index (χ2n) is 4.26. The number of hydrogen-bond donors (Lipinski definition) is 1. The van der Waals surface area contributed by atoms with E-state index in [9.17, 15) is 4.79 Å². The molecule has 0 radical (unpaired) electrons. The summed E-state index contributed by atoms with van der Waals surface area (Å²) in [7, 11) is 1.36. The van der Waals surface area contributed by atoms with E-state index in [1.165, 1.54) is 7.11 Å². The number of nitrogens with zero attached hydrogens (tertiary/aromatic N) is 2. The number of anilines is 1. The summed E-state index contributed by atoms with van der Waals surface area (Å²) in [5, 5.41) is -0.135. The zero-order chi connectivity index (χ0) is 13.2. The molecule has 2 N–H and O–H groups in total. The molecule has 17 heavy (non-hydrogen) atoms. The van der Waals surface area contributed by atoms with Gasteiger partial charge in [0.25, 0.3) is 0 Å². The smallest absolute Gasteiger partial charge is 0.361 e. The molecule has 0 spiro atoms. The molecule has 0 fully saturated rings. The lowest BCUT2D eigenvalue weighted by Gasteiger charge is -2.20. The van der Waals surface area contributed by atoms with Gasteiger partial charge in [0.1, 0.15) is 5.60 Å². The normalized spacial score (nSPS) is 11.1. The first-order chi connectivity index (χ1) is 7.74. The lowest BCUT2D eigenvalue weighted by molar-refractivity contribution is 0.00594. The van der Waals surface area contributed by atoms with E-state index < -0.39 is 11.6 Å². The van der Waals surface area contributed by atoms with Crippen LogP contribution in [0.5, 0.6) is 5.75 Å². The quantitative estimate of drug-likeness (QED) is 0.642. The summed E-state index contributed by atoms with van der Waals surface area (Å²) in [5.74, 6) is -0.609. The highest BCUT2D eigenvalue weighted by Gasteiger charge is 2.25. The number of ether oxygens (including phenoxy) is 2. The van der Waals surface area contributed by atoms with Crippen LogP contribution in [0.15, 0.2) is 0 Å². The SMILES string of the molecule is COc1c(N)nc(Cl)nc1C(=O)OC(C)(C)C. The van der Waals surface area contributed by atoms with E-state index >= 15 is 0 Å². The molecule has 0 unspecified atom stereocenters. The fraction of sp³-hybridized carbons (Fsp3) is 0.500. The predicted molar refractivity (Wildman–Crippen MR) is 63.2 cm³/mol. The molecule has 7 heteroatoms. The van der Waals surface area contributed by atoms with E-state index in [1.54, 1.807) is 20.8 Å². The Balaban J connectivity index is 3.16. The monoisotopic (exact) mass is 259 g/mol. The lowest BCUT2D eigenvalue weighted by Crippen LogP contribution is -2.25. The first-order valence-electron chi connectivity index (χ1n) is 4.85. The van der Waals surface area contributed by atoms with Crippen LogP contribution in [0.3, 0.4) is 0 Å². The van der Waals surface area contributed by atoms with E-state index in [2.05, 4.69) is 9.97 Å². The van der Waals surface area contributed by atoms with Crippen LogP contribution >= 0.6 is 11.6 Å². The van der Waals surface area contributed by atoms with E-state index in [0.29, 0.717) is 0 Å². The summed E-state index contributed by atoms with van der Waals surface area (Å²) < 4.78 is 10.1. The molecule has 0 bridgehead atoms. The Bertz CT molecular complexity index is 443. The van der Waals surface area contributed by atoms with Gasteiger partial charge in [-0.2, -0.15) is 4.98 Å². The van der Waals surface area contributed by atoms with Crippen molar-refractivity contribution in [2.75, 3.05) is 12.8 Å². The van der Waals surface area contributed by atoms with Crippen molar-refractivity contribution in [3.63, 3.8) is 0 Å². The molecule has 0 saturated carbocycles. The van der Waals surface area contributed by atoms with Crippen LogP contribution in [0.4, 0.5) is 5.82 Å². The Hall–Kier alpha value is -1.56. The van der Waals surface area contributed by atoms with Crippen molar-refractivity contribution in [3.05, 3.63) is 11.0 Å². The molecule has 94 valence electrons. The summed E-state index contributed by atoms with van der Waals surface area (Å²) in [4.78, 5) is 19.3. The van der Waals surface area contributed by atoms with Crippen molar-refractivity contribution in [2.45, 2.75) is 26.4 Å². The van der Waals surface area contributed by atoms with Gasteiger partial charge in [0, 0.05) is 0 Å². The van der Waals surface area contributed by atoms with Gasteiger partial charge in [-0.25, -0.2) is 9.78 Å². The van der Waals surface area contributed by atoms with E-state index in [4.69, 9.17) is 26.8 Å². The second kappa shape index (κ2) is 4.75. The Morgan fingerprint density at radius 2 is 1.94 bits per heavy atom. The number of methoxy groups -OCH3 is 1. The topological polar surface area (TPSA) is 87.3 Å². The number of esters is 1. The molecule has 0 aromatic carbocycles. The van der Waals surface area contributed by atoms with Crippen molar-refractivity contribution < 1.29 is 14.3 Å². The highest BCUT2D eigenvalue weighted by atomic mass is 35.5. The molecular formula is C10H14ClN3O3. The van der Waals surface area contributed by atoms with Crippen molar-refractivity contribution in [1.29, 1.82) is 0 Å². The fourth-order valence-electron chi connectivity index (χ4n) is 1.11. The summed E-state index contributed by atoms with van der Waals surface area (Å²) >= 11 is 5.63. The van der Waals surface area contributed by atoms with Crippen LogP contribution in [0, 0.1) is 0 Å². The molecule has 1 aromatic heterocycles. The first-order valence-corrected chi connectivity index (χ1v) is 5.22. The lowest BCUT2D eigenvalue weighted by atomic mass is 10.2. The summed E-state index contributed by atoms with van der Waals surface area (Å²) in [6.45, 7) is 5.22. The first kappa shape index (κ1) is 13.5. The van der Waals surface area contributed by atoms with Crippen LogP contribution in [0.1, 0.15) is 31.3 Å². The van der Waals surface area contributed by atoms with Crippen LogP contribution in [-0.2, 0) is 4.74 Å². The van der Waals surface area contributed by atoms with Crippen LogP contribution in [0.2, 0.25) is 5.28 Å². The molecular weight excluding hydrogens is 246 g/mol. The van der Waals surface area contributed by atoms with Crippen molar-refractivity contribution in [1.82, 2.24) is 9.97 Å². The molecule has 1 aromatic rings. The molecule has 1 rings (SSSR count). The molecule has 0 atom stereocenters. The van der Waals surface area contributed by atoms with Gasteiger partial charge in [-0.05, 0) is 32.4 Å². The molecule has 0 saturated heterocycles. The van der Waals surface area contributed by atoms with Crippen molar-refractivity contribution in [2.24, 2.45) is 0 Å². The number of nitrogen functional groups attached to an aromatic ring is 1. The zero-order valence-corrected chi connectivity index (χ0v) is 10.8. The number of carbonyl (C=O) groups is 1. The third kappa shape index (κ3) is 3.45. The number of rotatable bonds is 2. The van der Waals surface area contributed by atoms with Crippen LogP contribution in [-0.4, -0.2) is 28.6 Å². The Morgan fingerprint density at radius 3 is 2.41 bits per heavy atom. The minimum absolute atomic E-state index is 0.00615. The molecule has 0 aliphatic heterocycles. The third-order valence-corrected chi connectivity index (χ3v) is 1.83. The maximum absolute atomic E-state index is 11.8. The van der Waals surface area contributed by atoms with Gasteiger partial charge in [0.15, 0.2) is 17.3 Å². The van der Waals surface area contributed by atoms with E-state index in [1.807, 2.05) is 0 Å². The van der Waals surface area contributed by atoms with Crippen molar-refractivity contribution >= 4 is 23.4 Å². The Morgan fingerprint density at radius 1 is 1.35 bits per heavy atom. The van der Waals surface area contributed by atoms with Gasteiger partial charge in [-0.3, -0.25) is 0 Å². The fourth-order valence-corrected chi connectivity index (χ4v) is 1.28. The standard InChI is InChI=1S/C10H14ClN3O3/c1-10(2,3)17-8(15)5-6(16-4)7(12)14-9(11)13-5/h1-4H3,(H2,12,13,14). The summed E-state index contributed by atoms with van der Waals surface area (Å²) in [6.07, 6.45) is 0. The number of aromatic nitrogens is 2. The van der Waals surface area contributed by atoms with E-state index in [0.717, 1.165) is 0 Å². The average molecular weight is 260 g/mol. The molecule has 0 aliphatic carbocycles. The second-order valence-corrected chi connectivity index (χ2v) is 4.60. The number of carbonyl (C=O) groups excluding carboxylic acids is 1. The number of halogens is 1. The minimum Gasteiger partial charge on any atom is -0.491 e. The van der Waals surface area contributed by atoms with Gasteiger partial charge in [0.2, 0.25) is 5.28 Å². The zero-order valence-electron chi connectivity index (χ0n) is 10.1. The summed E-state index contributed by atoms with van der Waals surface area (Å²) in [5.41, 5.74) is 4.84.